The molecule has 0 aliphatic carbocycles. The van der Waals surface area contributed by atoms with Crippen LogP contribution in [-0.2, 0) is 4.79 Å². The molecule has 1 fully saturated rings. The number of hydrogen-bond acceptors (Lipinski definition) is 3. The summed E-state index contributed by atoms with van der Waals surface area (Å²) in [6, 6.07) is 7.95. The summed E-state index contributed by atoms with van der Waals surface area (Å²) in [5, 5.41) is 6.22. The predicted octanol–water partition coefficient (Wildman–Crippen LogP) is 1.73. The van der Waals surface area contributed by atoms with Gasteiger partial charge in [-0.1, -0.05) is 19.1 Å². The lowest BCUT2D eigenvalue weighted by molar-refractivity contribution is -0.127. The van der Waals surface area contributed by atoms with Gasteiger partial charge in [0.2, 0.25) is 5.91 Å². The number of rotatable bonds is 6. The molecular formula is C16H24N2O2. The lowest BCUT2D eigenvalue weighted by atomic mass is 9.88. The summed E-state index contributed by atoms with van der Waals surface area (Å²) < 4.78 is 5.70. The average molecular weight is 276 g/mol. The number of benzene rings is 1. The number of ether oxygens (including phenoxy) is 1. The van der Waals surface area contributed by atoms with Crippen LogP contribution in [0.5, 0.6) is 5.75 Å². The van der Waals surface area contributed by atoms with E-state index in [0.717, 1.165) is 18.8 Å². The largest absolute Gasteiger partial charge is 0.491 e. The van der Waals surface area contributed by atoms with E-state index in [2.05, 4.69) is 10.6 Å². The van der Waals surface area contributed by atoms with Crippen LogP contribution in [0.15, 0.2) is 24.3 Å². The standard InChI is InChI=1S/C16H24N2O2/c1-11-5-4-6-15(7-11)20-10-12(2)18-16(19)13(3)14-8-17-9-14/h4-7,12-14,17H,8-10H2,1-3H3,(H,18,19). The third kappa shape index (κ3) is 3.97. The quantitative estimate of drug-likeness (QED) is 0.832. The molecule has 1 aliphatic heterocycles. The molecule has 1 aromatic carbocycles. The second-order valence-corrected chi connectivity index (χ2v) is 5.74. The van der Waals surface area contributed by atoms with Crippen molar-refractivity contribution in [1.29, 1.82) is 0 Å². The van der Waals surface area contributed by atoms with Crippen LogP contribution >= 0.6 is 0 Å². The highest BCUT2D eigenvalue weighted by Crippen LogP contribution is 2.16. The molecule has 0 bridgehead atoms. The molecule has 1 aliphatic rings. The molecule has 2 atom stereocenters. The van der Waals surface area contributed by atoms with E-state index in [9.17, 15) is 4.79 Å². The number of carbonyl (C=O) groups excluding carboxylic acids is 1. The Kier molecular flexibility index (Phi) is 5.01. The Morgan fingerprint density at radius 2 is 2.20 bits per heavy atom. The summed E-state index contributed by atoms with van der Waals surface area (Å²) in [5.41, 5.74) is 1.17. The first-order valence-corrected chi connectivity index (χ1v) is 7.27. The molecule has 4 heteroatoms. The maximum atomic E-state index is 12.1. The van der Waals surface area contributed by atoms with E-state index < -0.39 is 0 Å². The van der Waals surface area contributed by atoms with Crippen molar-refractivity contribution < 1.29 is 9.53 Å². The van der Waals surface area contributed by atoms with Gasteiger partial charge >= 0.3 is 0 Å². The minimum absolute atomic E-state index is 0.0125. The molecule has 0 aromatic heterocycles. The molecule has 2 N–H and O–H groups in total. The van der Waals surface area contributed by atoms with Gasteiger partial charge in [0.25, 0.3) is 0 Å². The number of hydrogen-bond donors (Lipinski definition) is 2. The molecule has 0 spiro atoms. The number of aryl methyl sites for hydroxylation is 1. The average Bonchev–Trinajstić information content (AvgIpc) is 2.34. The van der Waals surface area contributed by atoms with Crippen molar-refractivity contribution in [2.45, 2.75) is 26.8 Å². The van der Waals surface area contributed by atoms with Crippen LogP contribution in [0.2, 0.25) is 0 Å². The predicted molar refractivity (Wildman–Crippen MR) is 79.8 cm³/mol. The van der Waals surface area contributed by atoms with E-state index in [0.29, 0.717) is 12.5 Å². The van der Waals surface area contributed by atoms with Crippen LogP contribution in [0.1, 0.15) is 19.4 Å². The summed E-state index contributed by atoms with van der Waals surface area (Å²) >= 11 is 0. The van der Waals surface area contributed by atoms with Gasteiger partial charge in [-0.2, -0.15) is 0 Å². The van der Waals surface area contributed by atoms with Crippen molar-refractivity contribution in [2.24, 2.45) is 11.8 Å². The summed E-state index contributed by atoms with van der Waals surface area (Å²) in [6.45, 7) is 8.39. The van der Waals surface area contributed by atoms with Crippen LogP contribution in [0, 0.1) is 18.8 Å². The summed E-state index contributed by atoms with van der Waals surface area (Å²) in [4.78, 5) is 12.1. The summed E-state index contributed by atoms with van der Waals surface area (Å²) in [5.74, 6) is 1.51. The van der Waals surface area contributed by atoms with Crippen molar-refractivity contribution in [3.05, 3.63) is 29.8 Å². The highest BCUT2D eigenvalue weighted by molar-refractivity contribution is 5.79. The van der Waals surface area contributed by atoms with Crippen molar-refractivity contribution in [3.63, 3.8) is 0 Å². The minimum Gasteiger partial charge on any atom is -0.491 e. The lowest BCUT2D eigenvalue weighted by Crippen LogP contribution is -2.51. The van der Waals surface area contributed by atoms with Crippen molar-refractivity contribution >= 4 is 5.91 Å². The molecule has 1 amide bonds. The van der Waals surface area contributed by atoms with Gasteiger partial charge in [0.05, 0.1) is 6.04 Å². The van der Waals surface area contributed by atoms with E-state index in [-0.39, 0.29) is 17.9 Å². The molecule has 1 aromatic rings. The van der Waals surface area contributed by atoms with E-state index in [1.165, 1.54) is 5.56 Å². The highest BCUT2D eigenvalue weighted by atomic mass is 16.5. The van der Waals surface area contributed by atoms with Crippen molar-refractivity contribution in [1.82, 2.24) is 10.6 Å². The van der Waals surface area contributed by atoms with Crippen LogP contribution in [0.4, 0.5) is 0 Å². The van der Waals surface area contributed by atoms with Gasteiger partial charge in [0.15, 0.2) is 0 Å². The van der Waals surface area contributed by atoms with Gasteiger partial charge in [-0.3, -0.25) is 4.79 Å². The molecular weight excluding hydrogens is 252 g/mol. The van der Waals surface area contributed by atoms with Gasteiger partial charge in [-0.05, 0) is 50.6 Å². The Morgan fingerprint density at radius 3 is 2.80 bits per heavy atom. The van der Waals surface area contributed by atoms with Gasteiger partial charge in [0.1, 0.15) is 12.4 Å². The Balaban J connectivity index is 1.74. The van der Waals surface area contributed by atoms with Crippen molar-refractivity contribution in [3.8, 4) is 5.75 Å². The second-order valence-electron chi connectivity index (χ2n) is 5.74. The third-order valence-electron chi connectivity index (χ3n) is 3.81. The van der Waals surface area contributed by atoms with E-state index in [1.54, 1.807) is 0 Å². The smallest absolute Gasteiger partial charge is 0.223 e. The lowest BCUT2D eigenvalue weighted by Gasteiger charge is -2.32. The van der Waals surface area contributed by atoms with E-state index >= 15 is 0 Å². The minimum atomic E-state index is 0.0125. The molecule has 2 rings (SSSR count). The molecule has 2 unspecified atom stereocenters. The monoisotopic (exact) mass is 276 g/mol. The second kappa shape index (κ2) is 6.75. The van der Waals surface area contributed by atoms with Gasteiger partial charge in [-0.15, -0.1) is 0 Å². The van der Waals surface area contributed by atoms with Crippen molar-refractivity contribution in [2.75, 3.05) is 19.7 Å². The zero-order valence-electron chi connectivity index (χ0n) is 12.5. The molecule has 110 valence electrons. The van der Waals surface area contributed by atoms with Crippen LogP contribution < -0.4 is 15.4 Å². The molecule has 4 nitrogen and oxygen atoms in total. The van der Waals surface area contributed by atoms with Crippen LogP contribution in [0.25, 0.3) is 0 Å². The van der Waals surface area contributed by atoms with Crippen LogP contribution in [0.3, 0.4) is 0 Å². The Morgan fingerprint density at radius 1 is 1.45 bits per heavy atom. The highest BCUT2D eigenvalue weighted by Gasteiger charge is 2.29. The molecule has 20 heavy (non-hydrogen) atoms. The maximum Gasteiger partial charge on any atom is 0.223 e. The summed E-state index contributed by atoms with van der Waals surface area (Å²) in [7, 11) is 0. The van der Waals surface area contributed by atoms with Gasteiger partial charge in [0, 0.05) is 5.92 Å². The maximum absolute atomic E-state index is 12.1. The Hall–Kier alpha value is -1.55. The summed E-state index contributed by atoms with van der Waals surface area (Å²) in [6.07, 6.45) is 0. The molecule has 1 heterocycles. The number of carbonyl (C=O) groups is 1. The van der Waals surface area contributed by atoms with E-state index in [4.69, 9.17) is 4.74 Å². The normalized spacial score (nSPS) is 17.9. The Bertz CT molecular complexity index is 458. The van der Waals surface area contributed by atoms with Crippen LogP contribution in [-0.4, -0.2) is 31.6 Å². The zero-order valence-corrected chi connectivity index (χ0v) is 12.5. The van der Waals surface area contributed by atoms with E-state index in [1.807, 2.05) is 45.0 Å². The fraction of sp³-hybridized carbons (Fsp3) is 0.562. The number of amides is 1. The number of nitrogens with one attached hydrogen (secondary N) is 2. The molecule has 0 radical (unpaired) electrons. The van der Waals surface area contributed by atoms with Gasteiger partial charge < -0.3 is 15.4 Å². The first-order chi connectivity index (χ1) is 9.56. The molecule has 1 saturated heterocycles. The third-order valence-corrected chi connectivity index (χ3v) is 3.81. The zero-order chi connectivity index (χ0) is 14.5. The Labute approximate surface area is 120 Å². The SMILES string of the molecule is Cc1cccc(OCC(C)NC(=O)C(C)C2CNC2)c1. The van der Waals surface area contributed by atoms with Gasteiger partial charge in [-0.25, -0.2) is 0 Å². The first-order valence-electron chi connectivity index (χ1n) is 7.27. The molecule has 0 saturated carbocycles. The fourth-order valence-corrected chi connectivity index (χ4v) is 2.22. The topological polar surface area (TPSA) is 50.4 Å². The first kappa shape index (κ1) is 14.9. The fourth-order valence-electron chi connectivity index (χ4n) is 2.22.